The van der Waals surface area contributed by atoms with E-state index in [0.717, 1.165) is 5.75 Å². The normalized spacial score (nSPS) is 35.2. The van der Waals surface area contributed by atoms with Crippen molar-refractivity contribution in [3.05, 3.63) is 12.3 Å². The highest BCUT2D eigenvalue weighted by atomic mass is 32.1. The Hall–Kier alpha value is 0.240. The first-order valence-electron chi connectivity index (χ1n) is 2.45. The third-order valence-corrected chi connectivity index (χ3v) is 1.95. The molecule has 0 aromatic carbocycles. The minimum Gasteiger partial charge on any atom is -0.496 e. The van der Waals surface area contributed by atoms with Crippen LogP contribution >= 0.6 is 25.3 Å². The third-order valence-electron chi connectivity index (χ3n) is 1.09. The van der Waals surface area contributed by atoms with Gasteiger partial charge in [-0.2, -0.15) is 25.3 Å². The number of ether oxygens (including phenoxy) is 1. The van der Waals surface area contributed by atoms with Crippen LogP contribution in [0.2, 0.25) is 0 Å². The molecule has 1 nitrogen and oxygen atoms in total. The van der Waals surface area contributed by atoms with E-state index in [0.29, 0.717) is 0 Å². The summed E-state index contributed by atoms with van der Waals surface area (Å²) < 4.78 is 5.08. The quantitative estimate of drug-likeness (QED) is 0.530. The van der Waals surface area contributed by atoms with Crippen LogP contribution in [0.1, 0.15) is 0 Å². The topological polar surface area (TPSA) is 9.23 Å². The molecule has 0 bridgehead atoms. The summed E-state index contributed by atoms with van der Waals surface area (Å²) >= 11 is 8.27. The van der Waals surface area contributed by atoms with Crippen LogP contribution in [-0.4, -0.2) is 17.1 Å². The Bertz CT molecular complexity index is 103. The second-order valence-electron chi connectivity index (χ2n) is 1.68. The monoisotopic (exact) mass is 148 g/mol. The van der Waals surface area contributed by atoms with Crippen molar-refractivity contribution < 1.29 is 4.74 Å². The van der Waals surface area contributed by atoms with Crippen LogP contribution in [0.3, 0.4) is 0 Å². The Morgan fingerprint density at radius 2 is 2.38 bits per heavy atom. The van der Waals surface area contributed by atoms with Gasteiger partial charge in [0.05, 0.1) is 11.5 Å². The number of hydrogen-bond acceptors (Lipinski definition) is 3. The van der Waals surface area contributed by atoms with Crippen LogP contribution in [0, 0.1) is 0 Å². The van der Waals surface area contributed by atoms with Crippen molar-refractivity contribution in [1.82, 2.24) is 0 Å². The maximum absolute atomic E-state index is 5.08. The van der Waals surface area contributed by atoms with Crippen LogP contribution in [-0.2, 0) is 4.74 Å². The fourth-order valence-corrected chi connectivity index (χ4v) is 1.31. The van der Waals surface area contributed by atoms with Gasteiger partial charge in [-0.25, -0.2) is 0 Å². The first-order chi connectivity index (χ1) is 3.84. The maximum atomic E-state index is 5.08. The summed E-state index contributed by atoms with van der Waals surface area (Å²) in [5.41, 5.74) is 0. The smallest absolute Gasteiger partial charge is 0.122 e. The van der Waals surface area contributed by atoms with Crippen molar-refractivity contribution in [3.63, 3.8) is 0 Å². The molecule has 0 aliphatic carbocycles. The fraction of sp³-hybridized carbons (Fsp3) is 0.600. The fourth-order valence-electron chi connectivity index (χ4n) is 0.582. The zero-order valence-corrected chi connectivity index (χ0v) is 6.11. The van der Waals surface area contributed by atoms with Gasteiger partial charge < -0.3 is 4.74 Å². The molecule has 2 atom stereocenters. The summed E-state index contributed by atoms with van der Waals surface area (Å²) in [5.74, 6) is 0.737. The molecule has 2 unspecified atom stereocenters. The van der Waals surface area contributed by atoms with Crippen molar-refractivity contribution >= 4 is 25.3 Å². The minimum absolute atomic E-state index is 0.182. The molecule has 0 radical (unpaired) electrons. The molecule has 1 aliphatic heterocycles. The van der Waals surface area contributed by atoms with Crippen molar-refractivity contribution in [2.75, 3.05) is 5.75 Å². The zero-order chi connectivity index (χ0) is 5.98. The number of thiol groups is 2. The second kappa shape index (κ2) is 2.69. The lowest BCUT2D eigenvalue weighted by Gasteiger charge is -2.09. The molecule has 0 fully saturated rings. The Kier molecular flexibility index (Phi) is 2.14. The molecule has 0 saturated carbocycles. The van der Waals surface area contributed by atoms with Crippen LogP contribution in [0.15, 0.2) is 12.3 Å². The van der Waals surface area contributed by atoms with Crippen LogP contribution in [0.4, 0.5) is 0 Å². The summed E-state index contributed by atoms with van der Waals surface area (Å²) in [6.45, 7) is 0. The molecular formula is C5H8OS2. The van der Waals surface area contributed by atoms with Crippen molar-refractivity contribution in [1.29, 1.82) is 0 Å². The first-order valence-corrected chi connectivity index (χ1v) is 3.60. The van der Waals surface area contributed by atoms with E-state index in [9.17, 15) is 0 Å². The van der Waals surface area contributed by atoms with Gasteiger partial charge in [0, 0.05) is 5.75 Å². The molecule has 0 spiro atoms. The largest absolute Gasteiger partial charge is 0.496 e. The molecular weight excluding hydrogens is 140 g/mol. The molecule has 0 N–H and O–H groups in total. The van der Waals surface area contributed by atoms with E-state index in [4.69, 9.17) is 4.74 Å². The van der Waals surface area contributed by atoms with E-state index in [2.05, 4.69) is 25.3 Å². The van der Waals surface area contributed by atoms with Gasteiger partial charge in [-0.15, -0.1) is 0 Å². The number of hydrogen-bond donors (Lipinski definition) is 2. The molecule has 46 valence electrons. The Morgan fingerprint density at radius 3 is 2.62 bits per heavy atom. The third kappa shape index (κ3) is 1.14. The van der Waals surface area contributed by atoms with E-state index in [1.165, 1.54) is 0 Å². The van der Waals surface area contributed by atoms with Gasteiger partial charge >= 0.3 is 0 Å². The molecule has 0 aromatic rings. The minimum atomic E-state index is 0.182. The van der Waals surface area contributed by atoms with E-state index in [1.807, 2.05) is 6.08 Å². The van der Waals surface area contributed by atoms with Gasteiger partial charge in [0.25, 0.3) is 0 Å². The summed E-state index contributed by atoms with van der Waals surface area (Å²) in [5, 5.41) is 0.243. The molecule has 0 amide bonds. The molecule has 1 rings (SSSR count). The van der Waals surface area contributed by atoms with Crippen LogP contribution in [0.5, 0.6) is 0 Å². The first kappa shape index (κ1) is 6.36. The van der Waals surface area contributed by atoms with Gasteiger partial charge in [-0.3, -0.25) is 0 Å². The molecule has 1 heterocycles. The van der Waals surface area contributed by atoms with Crippen LogP contribution in [0.25, 0.3) is 0 Å². The standard InChI is InChI=1S/C5H8OS2/c7-3-4-5(8)1-2-6-4/h1-2,4-5,7-8H,3H2. The lowest BCUT2D eigenvalue weighted by molar-refractivity contribution is 0.197. The highest BCUT2D eigenvalue weighted by Crippen LogP contribution is 2.15. The highest BCUT2D eigenvalue weighted by molar-refractivity contribution is 7.81. The van der Waals surface area contributed by atoms with Crippen molar-refractivity contribution in [2.45, 2.75) is 11.4 Å². The van der Waals surface area contributed by atoms with Crippen LogP contribution < -0.4 is 0 Å². The van der Waals surface area contributed by atoms with E-state index in [1.54, 1.807) is 6.26 Å². The highest BCUT2D eigenvalue weighted by Gasteiger charge is 2.18. The van der Waals surface area contributed by atoms with Crippen molar-refractivity contribution in [2.24, 2.45) is 0 Å². The SMILES string of the molecule is SCC1OC=CC1S. The average Bonchev–Trinajstić information content (AvgIpc) is 2.14. The summed E-state index contributed by atoms with van der Waals surface area (Å²) in [7, 11) is 0. The summed E-state index contributed by atoms with van der Waals surface area (Å²) in [6, 6.07) is 0. The Balaban J connectivity index is 2.38. The molecule has 1 aliphatic rings. The molecule has 0 aromatic heterocycles. The van der Waals surface area contributed by atoms with Gasteiger partial charge in [-0.05, 0) is 6.08 Å². The van der Waals surface area contributed by atoms with E-state index in [-0.39, 0.29) is 11.4 Å². The lowest BCUT2D eigenvalue weighted by Crippen LogP contribution is -2.17. The van der Waals surface area contributed by atoms with Gasteiger partial charge in [0.2, 0.25) is 0 Å². The second-order valence-corrected chi connectivity index (χ2v) is 2.64. The van der Waals surface area contributed by atoms with Gasteiger partial charge in [0.1, 0.15) is 6.10 Å². The summed E-state index contributed by atoms with van der Waals surface area (Å²) in [6.07, 6.45) is 3.78. The van der Waals surface area contributed by atoms with Gasteiger partial charge in [-0.1, -0.05) is 0 Å². The molecule has 3 heteroatoms. The summed E-state index contributed by atoms with van der Waals surface area (Å²) in [4.78, 5) is 0. The lowest BCUT2D eigenvalue weighted by atomic mass is 10.3. The van der Waals surface area contributed by atoms with Crippen molar-refractivity contribution in [3.8, 4) is 0 Å². The Labute approximate surface area is 59.9 Å². The molecule has 8 heavy (non-hydrogen) atoms. The van der Waals surface area contributed by atoms with E-state index >= 15 is 0 Å². The zero-order valence-electron chi connectivity index (χ0n) is 4.32. The average molecular weight is 148 g/mol. The maximum Gasteiger partial charge on any atom is 0.122 e. The predicted molar refractivity (Wildman–Crippen MR) is 40.6 cm³/mol. The number of rotatable bonds is 1. The van der Waals surface area contributed by atoms with E-state index < -0.39 is 0 Å². The predicted octanol–water partition coefficient (Wildman–Crippen LogP) is 1.13. The van der Waals surface area contributed by atoms with Gasteiger partial charge in [0.15, 0.2) is 0 Å². The molecule has 0 saturated heterocycles. The Morgan fingerprint density at radius 1 is 1.62 bits per heavy atom.